The van der Waals surface area contributed by atoms with E-state index in [2.05, 4.69) is 5.32 Å². The van der Waals surface area contributed by atoms with Gasteiger partial charge in [-0.25, -0.2) is 8.42 Å². The van der Waals surface area contributed by atoms with Crippen LogP contribution in [0.3, 0.4) is 0 Å². The van der Waals surface area contributed by atoms with E-state index in [-0.39, 0.29) is 30.7 Å². The van der Waals surface area contributed by atoms with Crippen LogP contribution in [0, 0.1) is 5.92 Å². The van der Waals surface area contributed by atoms with Crippen LogP contribution in [0.4, 0.5) is 5.69 Å². The van der Waals surface area contributed by atoms with Crippen molar-refractivity contribution in [2.75, 3.05) is 23.7 Å². The minimum Gasteiger partial charge on any atom is -0.354 e. The molecule has 0 aromatic heterocycles. The Kier molecular flexibility index (Phi) is 11.4. The molecular weight excluding hydrogens is 558 g/mol. The maximum Gasteiger partial charge on any atom is 0.244 e. The predicted molar refractivity (Wildman–Crippen MR) is 167 cm³/mol. The maximum absolute atomic E-state index is 14.2. The lowest BCUT2D eigenvalue weighted by Crippen LogP contribution is -2.53. The molecule has 3 rings (SSSR count). The summed E-state index contributed by atoms with van der Waals surface area (Å²) in [5.41, 5.74) is 2.92. The highest BCUT2D eigenvalue weighted by Gasteiger charge is 2.33. The first kappa shape index (κ1) is 32.2. The van der Waals surface area contributed by atoms with E-state index in [4.69, 9.17) is 11.6 Å². The Balaban J connectivity index is 2.08. The van der Waals surface area contributed by atoms with E-state index in [1.54, 1.807) is 36.4 Å². The number of benzene rings is 3. The third-order valence-electron chi connectivity index (χ3n) is 6.73. The number of nitrogens with zero attached hydrogens (tertiary/aromatic N) is 2. The van der Waals surface area contributed by atoms with E-state index < -0.39 is 28.5 Å². The van der Waals surface area contributed by atoms with Crippen molar-refractivity contribution in [3.63, 3.8) is 0 Å². The van der Waals surface area contributed by atoms with Crippen LogP contribution in [-0.4, -0.2) is 50.5 Å². The fourth-order valence-electron chi connectivity index (χ4n) is 4.56. The molecule has 0 aliphatic heterocycles. The first-order valence-electron chi connectivity index (χ1n) is 13.8. The highest BCUT2D eigenvalue weighted by molar-refractivity contribution is 7.92. The van der Waals surface area contributed by atoms with Crippen molar-refractivity contribution in [2.24, 2.45) is 5.92 Å². The lowest BCUT2D eigenvalue weighted by molar-refractivity contribution is -0.140. The Labute approximate surface area is 249 Å². The lowest BCUT2D eigenvalue weighted by atomic mass is 10.0. The molecule has 0 unspecified atom stereocenters. The first-order valence-corrected chi connectivity index (χ1v) is 16.0. The second-order valence-electron chi connectivity index (χ2n) is 11.0. The van der Waals surface area contributed by atoms with Crippen molar-refractivity contribution in [3.05, 3.63) is 101 Å². The van der Waals surface area contributed by atoms with Crippen molar-refractivity contribution in [2.45, 2.75) is 52.6 Å². The zero-order valence-corrected chi connectivity index (χ0v) is 26.0. The van der Waals surface area contributed by atoms with Crippen molar-refractivity contribution in [1.82, 2.24) is 10.2 Å². The predicted octanol–water partition coefficient (Wildman–Crippen LogP) is 5.64. The fraction of sp³-hybridized carbons (Fsp3) is 0.375. The van der Waals surface area contributed by atoms with E-state index in [9.17, 15) is 18.0 Å². The number of amides is 2. The number of rotatable bonds is 13. The van der Waals surface area contributed by atoms with Gasteiger partial charge in [0.1, 0.15) is 12.6 Å². The molecule has 3 aromatic rings. The molecule has 0 spiro atoms. The lowest BCUT2D eigenvalue weighted by Gasteiger charge is -2.34. The highest BCUT2D eigenvalue weighted by atomic mass is 35.5. The molecule has 220 valence electrons. The van der Waals surface area contributed by atoms with Crippen LogP contribution in [0.2, 0.25) is 5.02 Å². The minimum absolute atomic E-state index is 0.0309. The van der Waals surface area contributed by atoms with Gasteiger partial charge in [-0.05, 0) is 46.7 Å². The number of halogens is 1. The number of anilines is 1. The zero-order valence-electron chi connectivity index (χ0n) is 24.4. The average molecular weight is 598 g/mol. The molecule has 2 amide bonds. The Morgan fingerprint density at radius 2 is 1.46 bits per heavy atom. The van der Waals surface area contributed by atoms with Gasteiger partial charge in [0.05, 0.1) is 11.9 Å². The Morgan fingerprint density at radius 1 is 0.854 bits per heavy atom. The van der Waals surface area contributed by atoms with Crippen molar-refractivity contribution in [1.29, 1.82) is 0 Å². The number of hydrogen-bond acceptors (Lipinski definition) is 4. The summed E-state index contributed by atoms with van der Waals surface area (Å²) in [5, 5.41) is 3.54. The molecule has 0 aliphatic carbocycles. The van der Waals surface area contributed by atoms with E-state index in [1.165, 1.54) is 4.90 Å². The number of hydrogen-bond donors (Lipinski definition) is 1. The summed E-state index contributed by atoms with van der Waals surface area (Å²) in [7, 11) is -3.84. The molecule has 0 saturated heterocycles. The molecule has 0 heterocycles. The zero-order chi connectivity index (χ0) is 30.2. The Hall–Kier alpha value is -3.36. The molecule has 3 aromatic carbocycles. The quantitative estimate of drug-likeness (QED) is 0.276. The second kappa shape index (κ2) is 14.5. The van der Waals surface area contributed by atoms with Gasteiger partial charge in [0.15, 0.2) is 0 Å². The third kappa shape index (κ3) is 9.33. The molecule has 0 fully saturated rings. The number of para-hydroxylation sites is 1. The standard InChI is InChI=1S/C32H40ClN3O4S/c1-23(2)20-34-32(38)30(19-25-11-7-6-8-12-25)35(21-26-15-17-27(33)18-16-26)31(37)22-36(41(5,39)40)29-14-10-9-13-28(29)24(3)4/h6-18,23-24,30H,19-22H2,1-5H3,(H,34,38)/t30-/m0/s1. The van der Waals surface area contributed by atoms with Crippen molar-refractivity contribution in [3.8, 4) is 0 Å². The summed E-state index contributed by atoms with van der Waals surface area (Å²) in [6.07, 6.45) is 1.36. The summed E-state index contributed by atoms with van der Waals surface area (Å²) >= 11 is 6.11. The molecule has 41 heavy (non-hydrogen) atoms. The third-order valence-corrected chi connectivity index (χ3v) is 8.11. The highest BCUT2D eigenvalue weighted by Crippen LogP contribution is 2.29. The van der Waals surface area contributed by atoms with Crippen LogP contribution in [0.5, 0.6) is 0 Å². The van der Waals surface area contributed by atoms with Gasteiger partial charge < -0.3 is 10.2 Å². The summed E-state index contributed by atoms with van der Waals surface area (Å²) in [6.45, 7) is 8.06. The Bertz CT molecular complexity index is 1410. The van der Waals surface area contributed by atoms with Crippen molar-refractivity contribution < 1.29 is 18.0 Å². The largest absolute Gasteiger partial charge is 0.354 e. The number of nitrogens with one attached hydrogen (secondary N) is 1. The first-order chi connectivity index (χ1) is 19.4. The van der Waals surface area contributed by atoms with E-state index in [1.807, 2.05) is 70.2 Å². The monoisotopic (exact) mass is 597 g/mol. The summed E-state index contributed by atoms with van der Waals surface area (Å²) < 4.78 is 27.3. The fourth-order valence-corrected chi connectivity index (χ4v) is 5.56. The van der Waals surface area contributed by atoms with Gasteiger partial charge in [-0.1, -0.05) is 100.0 Å². The van der Waals surface area contributed by atoms with E-state index in [0.29, 0.717) is 17.3 Å². The molecule has 1 atom stereocenters. The molecule has 7 nitrogen and oxygen atoms in total. The molecular formula is C32H40ClN3O4S. The molecule has 0 aliphatic rings. The van der Waals surface area contributed by atoms with E-state index in [0.717, 1.165) is 27.3 Å². The Morgan fingerprint density at radius 3 is 2.05 bits per heavy atom. The maximum atomic E-state index is 14.2. The second-order valence-corrected chi connectivity index (χ2v) is 13.3. The molecule has 0 radical (unpaired) electrons. The number of sulfonamides is 1. The summed E-state index contributed by atoms with van der Waals surface area (Å²) in [5.74, 6) is -0.531. The topological polar surface area (TPSA) is 86.8 Å². The van der Waals surface area contributed by atoms with Crippen LogP contribution in [0.1, 0.15) is 50.3 Å². The van der Waals surface area contributed by atoms with Gasteiger partial charge in [0, 0.05) is 24.5 Å². The molecule has 1 N–H and O–H groups in total. The van der Waals surface area contributed by atoms with Gasteiger partial charge in [-0.15, -0.1) is 0 Å². The minimum atomic E-state index is -3.84. The van der Waals surface area contributed by atoms with Gasteiger partial charge in [0.2, 0.25) is 21.8 Å². The molecule has 0 bridgehead atoms. The van der Waals surface area contributed by atoms with Crippen LogP contribution in [-0.2, 0) is 32.6 Å². The number of carbonyl (C=O) groups excluding carboxylic acids is 2. The van der Waals surface area contributed by atoms with Crippen LogP contribution in [0.15, 0.2) is 78.9 Å². The SMILES string of the molecule is CC(C)CNC(=O)[C@H](Cc1ccccc1)N(Cc1ccc(Cl)cc1)C(=O)CN(c1ccccc1C(C)C)S(C)(=O)=O. The van der Waals surface area contributed by atoms with Crippen LogP contribution in [0.25, 0.3) is 0 Å². The van der Waals surface area contributed by atoms with Gasteiger partial charge in [-0.2, -0.15) is 0 Å². The van der Waals surface area contributed by atoms with Crippen molar-refractivity contribution >= 4 is 39.1 Å². The van der Waals surface area contributed by atoms with E-state index >= 15 is 0 Å². The summed E-state index contributed by atoms with van der Waals surface area (Å²) in [4.78, 5) is 29.4. The van der Waals surface area contributed by atoms with Crippen LogP contribution >= 0.6 is 11.6 Å². The smallest absolute Gasteiger partial charge is 0.244 e. The van der Waals surface area contributed by atoms with Gasteiger partial charge in [-0.3, -0.25) is 13.9 Å². The number of carbonyl (C=O) groups is 2. The van der Waals surface area contributed by atoms with Gasteiger partial charge in [0.25, 0.3) is 0 Å². The van der Waals surface area contributed by atoms with Crippen LogP contribution < -0.4 is 9.62 Å². The molecule has 9 heteroatoms. The normalized spacial score (nSPS) is 12.3. The molecule has 0 saturated carbocycles. The average Bonchev–Trinajstić information content (AvgIpc) is 2.93. The summed E-state index contributed by atoms with van der Waals surface area (Å²) in [6, 6.07) is 22.9. The van der Waals surface area contributed by atoms with Gasteiger partial charge >= 0.3 is 0 Å².